The Morgan fingerprint density at radius 1 is 1.33 bits per heavy atom. The van der Waals surface area contributed by atoms with E-state index in [0.717, 1.165) is 0 Å². The molecule has 1 aliphatic rings. The van der Waals surface area contributed by atoms with E-state index in [0.29, 0.717) is 11.3 Å². The van der Waals surface area contributed by atoms with Crippen LogP contribution in [0.15, 0.2) is 17.0 Å². The minimum Gasteiger partial charge on any atom is -0.366 e. The van der Waals surface area contributed by atoms with Gasteiger partial charge in [0.25, 0.3) is 5.91 Å². The fraction of sp³-hybridized carbons (Fsp3) is 0.417. The van der Waals surface area contributed by atoms with Crippen molar-refractivity contribution in [1.82, 2.24) is 0 Å². The normalized spacial score (nSPS) is 19.7. The fourth-order valence-electron chi connectivity index (χ4n) is 2.25. The van der Waals surface area contributed by atoms with Gasteiger partial charge in [0, 0.05) is 7.05 Å². The number of aryl methyl sites for hydroxylation is 1. The van der Waals surface area contributed by atoms with Crippen LogP contribution in [0.5, 0.6) is 0 Å². The smallest absolute Gasteiger partial charge is 0.251 e. The second kappa shape index (κ2) is 3.47. The van der Waals surface area contributed by atoms with Crippen molar-refractivity contribution in [3.8, 4) is 0 Å². The zero-order valence-electron chi connectivity index (χ0n) is 10.8. The number of benzene rings is 1. The summed E-state index contributed by atoms with van der Waals surface area (Å²) in [6.45, 7) is 4.97. The molecule has 2 N–H and O–H groups in total. The maximum Gasteiger partial charge on any atom is 0.251 e. The summed E-state index contributed by atoms with van der Waals surface area (Å²) in [4.78, 5) is 12.3. The van der Waals surface area contributed by atoms with E-state index >= 15 is 0 Å². The number of carbonyl (C=O) groups is 1. The van der Waals surface area contributed by atoms with Crippen molar-refractivity contribution in [2.45, 2.75) is 30.5 Å². The number of nitrogens with two attached hydrogens (primary N) is 1. The molecule has 0 aliphatic carbocycles. The second-order valence-electron chi connectivity index (χ2n) is 4.98. The van der Waals surface area contributed by atoms with Crippen molar-refractivity contribution in [1.29, 1.82) is 0 Å². The Morgan fingerprint density at radius 2 is 1.89 bits per heavy atom. The lowest BCUT2D eigenvalue weighted by molar-refractivity contribution is 0.1000. The number of carbonyl (C=O) groups excluding carboxylic acids is 1. The number of anilines is 1. The maximum atomic E-state index is 12.4. The predicted octanol–water partition coefficient (Wildman–Crippen LogP) is 1.05. The summed E-state index contributed by atoms with van der Waals surface area (Å²) in [6.07, 6.45) is 0. The van der Waals surface area contributed by atoms with Crippen molar-refractivity contribution in [3.63, 3.8) is 0 Å². The molecule has 1 aromatic rings. The zero-order chi connectivity index (χ0) is 13.9. The number of hydrogen-bond donors (Lipinski definition) is 1. The summed E-state index contributed by atoms with van der Waals surface area (Å²) in [6, 6.07) is 3.16. The number of nitrogens with zero attached hydrogens (tertiary/aromatic N) is 1. The first-order chi connectivity index (χ1) is 8.12. The molecule has 2 rings (SSSR count). The molecule has 0 saturated carbocycles. The lowest BCUT2D eigenvalue weighted by atomic mass is 10.0. The van der Waals surface area contributed by atoms with Crippen LogP contribution >= 0.6 is 0 Å². The van der Waals surface area contributed by atoms with Gasteiger partial charge in [0.2, 0.25) is 9.84 Å². The van der Waals surface area contributed by atoms with Crippen molar-refractivity contribution in [2.24, 2.45) is 5.73 Å². The van der Waals surface area contributed by atoms with Crippen molar-refractivity contribution in [3.05, 3.63) is 23.3 Å². The first kappa shape index (κ1) is 12.9. The molecule has 6 heteroatoms. The summed E-state index contributed by atoms with van der Waals surface area (Å²) in [5.74, 6) is -0.607. The van der Waals surface area contributed by atoms with Crippen LogP contribution in [-0.4, -0.2) is 26.2 Å². The van der Waals surface area contributed by atoms with Crippen LogP contribution in [0.25, 0.3) is 0 Å². The van der Waals surface area contributed by atoms with Gasteiger partial charge in [-0.3, -0.25) is 4.79 Å². The maximum absolute atomic E-state index is 12.4. The zero-order valence-corrected chi connectivity index (χ0v) is 11.6. The van der Waals surface area contributed by atoms with Gasteiger partial charge < -0.3 is 10.6 Å². The molecule has 1 heterocycles. The van der Waals surface area contributed by atoms with Crippen molar-refractivity contribution >= 4 is 21.4 Å². The third kappa shape index (κ3) is 1.32. The molecule has 0 spiro atoms. The fourth-order valence-corrected chi connectivity index (χ4v) is 3.98. The first-order valence-electron chi connectivity index (χ1n) is 5.54. The molecular formula is C12H16N2O3S. The van der Waals surface area contributed by atoms with Gasteiger partial charge in [-0.15, -0.1) is 0 Å². The van der Waals surface area contributed by atoms with E-state index in [9.17, 15) is 13.2 Å². The van der Waals surface area contributed by atoms with Gasteiger partial charge in [0.05, 0.1) is 16.1 Å². The molecule has 1 aliphatic heterocycles. The summed E-state index contributed by atoms with van der Waals surface area (Å²) in [5, 5.41) is 0. The molecule has 1 amide bonds. The van der Waals surface area contributed by atoms with E-state index in [1.807, 2.05) is 0 Å². The number of rotatable bonds is 1. The molecular weight excluding hydrogens is 252 g/mol. The molecule has 5 nitrogen and oxygen atoms in total. The van der Waals surface area contributed by atoms with Gasteiger partial charge >= 0.3 is 0 Å². The summed E-state index contributed by atoms with van der Waals surface area (Å²) in [7, 11) is -1.83. The Labute approximate surface area is 107 Å². The SMILES string of the molecule is Cc1ccc2c(c1C(N)=O)N(C)C(C)(C)S2(=O)=O. The van der Waals surface area contributed by atoms with Crippen LogP contribution in [0.2, 0.25) is 0 Å². The quantitative estimate of drug-likeness (QED) is 0.825. The molecule has 0 aromatic heterocycles. The van der Waals surface area contributed by atoms with Crippen LogP contribution in [0.1, 0.15) is 29.8 Å². The minimum absolute atomic E-state index is 0.175. The topological polar surface area (TPSA) is 80.5 Å². The third-order valence-corrected chi connectivity index (χ3v) is 6.18. The van der Waals surface area contributed by atoms with Crippen LogP contribution in [0.3, 0.4) is 0 Å². The standard InChI is InChI=1S/C12H16N2O3S/c1-7-5-6-8-10(9(7)11(13)15)14(4)12(2,3)18(8,16)17/h5-6H,1-4H3,(H2,13,15). The summed E-state index contributed by atoms with van der Waals surface area (Å²) in [5.41, 5.74) is 6.74. The van der Waals surface area contributed by atoms with Crippen LogP contribution in [0, 0.1) is 6.92 Å². The molecule has 0 fully saturated rings. The molecule has 98 valence electrons. The highest BCUT2D eigenvalue weighted by Gasteiger charge is 2.49. The van der Waals surface area contributed by atoms with Crippen molar-refractivity contribution in [2.75, 3.05) is 11.9 Å². The van der Waals surface area contributed by atoms with Gasteiger partial charge in [0.15, 0.2) is 0 Å². The second-order valence-corrected chi connectivity index (χ2v) is 7.42. The summed E-state index contributed by atoms with van der Waals surface area (Å²) >= 11 is 0. The molecule has 1 aromatic carbocycles. The lowest BCUT2D eigenvalue weighted by Crippen LogP contribution is -2.42. The summed E-state index contributed by atoms with van der Waals surface area (Å²) < 4.78 is 24.8. The highest BCUT2D eigenvalue weighted by Crippen LogP contribution is 2.46. The minimum atomic E-state index is -3.49. The first-order valence-corrected chi connectivity index (χ1v) is 7.02. The highest BCUT2D eigenvalue weighted by atomic mass is 32.2. The predicted molar refractivity (Wildman–Crippen MR) is 69.4 cm³/mol. The number of primary amides is 1. The Bertz CT molecular complexity index is 648. The van der Waals surface area contributed by atoms with E-state index in [-0.39, 0.29) is 10.5 Å². The van der Waals surface area contributed by atoms with E-state index in [1.54, 1.807) is 38.8 Å². The number of fused-ring (bicyclic) bond motifs is 1. The van der Waals surface area contributed by atoms with E-state index in [1.165, 1.54) is 6.07 Å². The van der Waals surface area contributed by atoms with Crippen molar-refractivity contribution < 1.29 is 13.2 Å². The Balaban J connectivity index is 2.93. The molecule has 0 bridgehead atoms. The molecule has 0 radical (unpaired) electrons. The number of hydrogen-bond acceptors (Lipinski definition) is 4. The highest BCUT2D eigenvalue weighted by molar-refractivity contribution is 7.93. The Morgan fingerprint density at radius 3 is 2.39 bits per heavy atom. The molecule has 0 atom stereocenters. The van der Waals surface area contributed by atoms with Gasteiger partial charge in [-0.2, -0.15) is 0 Å². The van der Waals surface area contributed by atoms with Gasteiger partial charge in [-0.25, -0.2) is 8.42 Å². The Hall–Kier alpha value is -1.56. The van der Waals surface area contributed by atoms with Gasteiger partial charge in [-0.1, -0.05) is 6.07 Å². The average molecular weight is 268 g/mol. The molecule has 0 saturated heterocycles. The van der Waals surface area contributed by atoms with Crippen LogP contribution in [-0.2, 0) is 9.84 Å². The third-order valence-electron chi connectivity index (χ3n) is 3.69. The monoisotopic (exact) mass is 268 g/mol. The Kier molecular flexibility index (Phi) is 2.49. The number of sulfone groups is 1. The lowest BCUT2D eigenvalue weighted by Gasteiger charge is -2.29. The van der Waals surface area contributed by atoms with Gasteiger partial charge in [-0.05, 0) is 32.4 Å². The van der Waals surface area contributed by atoms with Gasteiger partial charge in [0.1, 0.15) is 4.87 Å². The van der Waals surface area contributed by atoms with Crippen LogP contribution < -0.4 is 10.6 Å². The average Bonchev–Trinajstić information content (AvgIpc) is 2.37. The number of amides is 1. The van der Waals surface area contributed by atoms with E-state index < -0.39 is 20.6 Å². The van der Waals surface area contributed by atoms with E-state index in [4.69, 9.17) is 5.73 Å². The van der Waals surface area contributed by atoms with Crippen LogP contribution in [0.4, 0.5) is 5.69 Å². The largest absolute Gasteiger partial charge is 0.366 e. The molecule has 0 unspecified atom stereocenters. The molecule has 18 heavy (non-hydrogen) atoms. The van der Waals surface area contributed by atoms with E-state index in [2.05, 4.69) is 0 Å².